The Hall–Kier alpha value is -2.32. The van der Waals surface area contributed by atoms with Gasteiger partial charge in [-0.3, -0.25) is 0 Å². The molecule has 2 amide bonds. The third kappa shape index (κ3) is 4.34. The Morgan fingerprint density at radius 1 is 1.09 bits per heavy atom. The van der Waals surface area contributed by atoms with Gasteiger partial charge in [0.05, 0.1) is 17.7 Å². The zero-order valence-electron chi connectivity index (χ0n) is 12.0. The standard InChI is InChI=1S/C14H17N3O4S/c1-15-22(19,20)13-6-4-11(5-7-13)9-16-14(18)17-10-12-3-2-8-21-12/h2-8,15H,9-10H2,1H3,(H2,16,17,18). The van der Waals surface area contributed by atoms with Crippen molar-refractivity contribution >= 4 is 16.1 Å². The number of hydrogen-bond acceptors (Lipinski definition) is 4. The van der Waals surface area contributed by atoms with E-state index in [1.54, 1.807) is 24.3 Å². The molecule has 22 heavy (non-hydrogen) atoms. The molecule has 2 aromatic rings. The molecule has 0 saturated heterocycles. The average molecular weight is 323 g/mol. The van der Waals surface area contributed by atoms with Crippen LogP contribution in [0.3, 0.4) is 0 Å². The lowest BCUT2D eigenvalue weighted by Gasteiger charge is -2.07. The van der Waals surface area contributed by atoms with Gasteiger partial charge < -0.3 is 15.1 Å². The number of rotatable bonds is 6. The lowest BCUT2D eigenvalue weighted by molar-refractivity contribution is 0.239. The molecule has 0 unspecified atom stereocenters. The maximum atomic E-state index is 11.6. The minimum absolute atomic E-state index is 0.182. The minimum Gasteiger partial charge on any atom is -0.467 e. The zero-order valence-corrected chi connectivity index (χ0v) is 12.8. The van der Waals surface area contributed by atoms with E-state index < -0.39 is 10.0 Å². The third-order valence-electron chi connectivity index (χ3n) is 2.96. The van der Waals surface area contributed by atoms with Gasteiger partial charge in [-0.05, 0) is 36.9 Å². The van der Waals surface area contributed by atoms with Crippen molar-refractivity contribution in [1.82, 2.24) is 15.4 Å². The summed E-state index contributed by atoms with van der Waals surface area (Å²) in [5.41, 5.74) is 0.795. The van der Waals surface area contributed by atoms with E-state index in [4.69, 9.17) is 4.42 Å². The molecule has 1 aromatic heterocycles. The summed E-state index contributed by atoms with van der Waals surface area (Å²) in [6.07, 6.45) is 1.54. The number of carbonyl (C=O) groups excluding carboxylic acids is 1. The van der Waals surface area contributed by atoms with E-state index in [1.807, 2.05) is 0 Å². The SMILES string of the molecule is CNS(=O)(=O)c1ccc(CNC(=O)NCc2ccco2)cc1. The molecule has 0 atom stereocenters. The molecule has 118 valence electrons. The van der Waals surface area contributed by atoms with Gasteiger partial charge in [0.25, 0.3) is 0 Å². The summed E-state index contributed by atoms with van der Waals surface area (Å²) in [6, 6.07) is 9.46. The Kier molecular flexibility index (Phi) is 5.18. The fourth-order valence-corrected chi connectivity index (χ4v) is 2.46. The van der Waals surface area contributed by atoms with Crippen molar-refractivity contribution < 1.29 is 17.6 Å². The first-order chi connectivity index (χ1) is 10.5. The van der Waals surface area contributed by atoms with Gasteiger partial charge in [-0.2, -0.15) is 0 Å². The lowest BCUT2D eigenvalue weighted by Crippen LogP contribution is -2.34. The highest BCUT2D eigenvalue weighted by molar-refractivity contribution is 7.89. The number of furan rings is 1. The summed E-state index contributed by atoms with van der Waals surface area (Å²) in [4.78, 5) is 11.8. The normalized spacial score (nSPS) is 11.1. The molecule has 7 nitrogen and oxygen atoms in total. The topological polar surface area (TPSA) is 100 Å². The Morgan fingerprint density at radius 3 is 2.36 bits per heavy atom. The first-order valence-electron chi connectivity index (χ1n) is 6.58. The van der Waals surface area contributed by atoms with Crippen LogP contribution in [0.1, 0.15) is 11.3 Å². The summed E-state index contributed by atoms with van der Waals surface area (Å²) in [7, 11) is -2.08. The maximum absolute atomic E-state index is 11.6. The van der Waals surface area contributed by atoms with Crippen LogP contribution in [-0.4, -0.2) is 21.5 Å². The monoisotopic (exact) mass is 323 g/mol. The molecule has 0 saturated carbocycles. The van der Waals surface area contributed by atoms with E-state index in [1.165, 1.54) is 25.4 Å². The van der Waals surface area contributed by atoms with Crippen molar-refractivity contribution in [2.45, 2.75) is 18.0 Å². The number of urea groups is 1. The van der Waals surface area contributed by atoms with Crippen LogP contribution in [0.15, 0.2) is 52.0 Å². The van der Waals surface area contributed by atoms with Crippen molar-refractivity contribution in [2.24, 2.45) is 0 Å². The summed E-state index contributed by atoms with van der Waals surface area (Å²) in [6.45, 7) is 0.599. The largest absolute Gasteiger partial charge is 0.467 e. The van der Waals surface area contributed by atoms with Crippen LogP contribution >= 0.6 is 0 Å². The number of benzene rings is 1. The molecule has 0 aliphatic rings. The first kappa shape index (κ1) is 16.1. The second-order valence-corrected chi connectivity index (χ2v) is 6.35. The Labute approximate surface area is 128 Å². The van der Waals surface area contributed by atoms with E-state index in [-0.39, 0.29) is 10.9 Å². The van der Waals surface area contributed by atoms with Gasteiger partial charge in [0.2, 0.25) is 10.0 Å². The second-order valence-electron chi connectivity index (χ2n) is 4.47. The van der Waals surface area contributed by atoms with E-state index in [2.05, 4.69) is 15.4 Å². The van der Waals surface area contributed by atoms with Crippen LogP contribution in [0, 0.1) is 0 Å². The van der Waals surface area contributed by atoms with E-state index in [0.717, 1.165) is 5.56 Å². The summed E-state index contributed by atoms with van der Waals surface area (Å²) >= 11 is 0. The second kappa shape index (κ2) is 7.10. The molecule has 3 N–H and O–H groups in total. The number of sulfonamides is 1. The van der Waals surface area contributed by atoms with Crippen molar-refractivity contribution in [3.8, 4) is 0 Å². The van der Waals surface area contributed by atoms with Crippen molar-refractivity contribution in [3.05, 3.63) is 54.0 Å². The van der Waals surface area contributed by atoms with Crippen LogP contribution in [0.4, 0.5) is 4.79 Å². The van der Waals surface area contributed by atoms with E-state index in [0.29, 0.717) is 18.8 Å². The molecule has 1 aromatic carbocycles. The highest BCUT2D eigenvalue weighted by Crippen LogP contribution is 2.09. The first-order valence-corrected chi connectivity index (χ1v) is 8.06. The Bertz CT molecular complexity index is 709. The fourth-order valence-electron chi connectivity index (χ4n) is 1.73. The molecule has 2 rings (SSSR count). The van der Waals surface area contributed by atoms with Crippen molar-refractivity contribution in [2.75, 3.05) is 7.05 Å². The van der Waals surface area contributed by atoms with Gasteiger partial charge in [0, 0.05) is 6.54 Å². The van der Waals surface area contributed by atoms with Gasteiger partial charge in [0.15, 0.2) is 0 Å². The van der Waals surface area contributed by atoms with Gasteiger partial charge >= 0.3 is 6.03 Å². The van der Waals surface area contributed by atoms with E-state index >= 15 is 0 Å². The lowest BCUT2D eigenvalue weighted by atomic mass is 10.2. The fraction of sp³-hybridized carbons (Fsp3) is 0.214. The number of nitrogens with one attached hydrogen (secondary N) is 3. The van der Waals surface area contributed by atoms with Gasteiger partial charge in [-0.25, -0.2) is 17.9 Å². The third-order valence-corrected chi connectivity index (χ3v) is 4.39. The van der Waals surface area contributed by atoms with Crippen LogP contribution in [0.5, 0.6) is 0 Å². The molecule has 0 fully saturated rings. The molecule has 1 heterocycles. The van der Waals surface area contributed by atoms with Crippen molar-refractivity contribution in [3.63, 3.8) is 0 Å². The minimum atomic E-state index is -3.44. The summed E-state index contributed by atoms with van der Waals surface area (Å²) in [5.74, 6) is 0.664. The smallest absolute Gasteiger partial charge is 0.315 e. The van der Waals surface area contributed by atoms with Gasteiger partial charge in [-0.1, -0.05) is 12.1 Å². The van der Waals surface area contributed by atoms with Crippen LogP contribution < -0.4 is 15.4 Å². The molecular formula is C14H17N3O4S. The highest BCUT2D eigenvalue weighted by atomic mass is 32.2. The Balaban J connectivity index is 1.82. The van der Waals surface area contributed by atoms with Crippen molar-refractivity contribution in [1.29, 1.82) is 0 Å². The molecule has 0 spiro atoms. The molecule has 0 bridgehead atoms. The number of carbonyl (C=O) groups is 1. The average Bonchev–Trinajstić information content (AvgIpc) is 3.05. The predicted molar refractivity (Wildman–Crippen MR) is 80.5 cm³/mol. The number of hydrogen-bond donors (Lipinski definition) is 3. The quantitative estimate of drug-likeness (QED) is 0.743. The van der Waals surface area contributed by atoms with Crippen LogP contribution in [0.25, 0.3) is 0 Å². The summed E-state index contributed by atoms with van der Waals surface area (Å²) in [5, 5.41) is 5.33. The van der Waals surface area contributed by atoms with Gasteiger partial charge in [-0.15, -0.1) is 0 Å². The zero-order chi connectivity index (χ0) is 16.0. The predicted octanol–water partition coefficient (Wildman–Crippen LogP) is 1.19. The molecule has 0 aliphatic heterocycles. The van der Waals surface area contributed by atoms with Gasteiger partial charge in [0.1, 0.15) is 5.76 Å². The molecule has 0 aliphatic carbocycles. The Morgan fingerprint density at radius 2 is 1.77 bits per heavy atom. The highest BCUT2D eigenvalue weighted by Gasteiger charge is 2.10. The molecule has 0 radical (unpaired) electrons. The van der Waals surface area contributed by atoms with E-state index in [9.17, 15) is 13.2 Å². The number of amides is 2. The van der Waals surface area contributed by atoms with Crippen LogP contribution in [-0.2, 0) is 23.1 Å². The summed E-state index contributed by atoms with van der Waals surface area (Å²) < 4.78 is 30.5. The maximum Gasteiger partial charge on any atom is 0.315 e. The molecular weight excluding hydrogens is 306 g/mol. The van der Waals surface area contributed by atoms with Crippen LogP contribution in [0.2, 0.25) is 0 Å². The molecule has 8 heteroatoms.